The molecule has 1 unspecified atom stereocenters. The summed E-state index contributed by atoms with van der Waals surface area (Å²) in [6, 6.07) is 0. The molecule has 0 radical (unpaired) electrons. The van der Waals surface area contributed by atoms with Crippen LogP contribution >= 0.6 is 0 Å². The molecule has 4 bridgehead atoms. The molecule has 4 aliphatic rings. The summed E-state index contributed by atoms with van der Waals surface area (Å²) < 4.78 is 15.3. The number of carbonyl (C=O) groups excluding carboxylic acids is 2. The summed E-state index contributed by atoms with van der Waals surface area (Å²) in [6.45, 7) is 2.47. The minimum absolute atomic E-state index is 0.0332. The van der Waals surface area contributed by atoms with Gasteiger partial charge in [0.15, 0.2) is 6.29 Å². The van der Waals surface area contributed by atoms with E-state index in [1.54, 1.807) is 6.92 Å². The fourth-order valence-corrected chi connectivity index (χ4v) is 4.98. The molecule has 0 spiro atoms. The van der Waals surface area contributed by atoms with Crippen molar-refractivity contribution >= 4 is 12.4 Å². The van der Waals surface area contributed by atoms with Crippen LogP contribution in [0.4, 0.5) is 0 Å². The van der Waals surface area contributed by atoms with Gasteiger partial charge in [-0.1, -0.05) is 0 Å². The first kappa shape index (κ1) is 14.8. The molecule has 0 heterocycles. The van der Waals surface area contributed by atoms with Crippen molar-refractivity contribution in [2.45, 2.75) is 51.7 Å². The summed E-state index contributed by atoms with van der Waals surface area (Å²) in [7, 11) is 0. The van der Waals surface area contributed by atoms with Gasteiger partial charge in [-0.15, -0.1) is 0 Å². The van der Waals surface area contributed by atoms with Crippen molar-refractivity contribution in [1.29, 1.82) is 0 Å². The van der Waals surface area contributed by atoms with Crippen LogP contribution in [0.3, 0.4) is 0 Å². The molecular formula is C16H24O5. The van der Waals surface area contributed by atoms with E-state index in [0.717, 1.165) is 37.0 Å². The normalized spacial score (nSPS) is 38.0. The zero-order chi connectivity index (χ0) is 14.9. The Morgan fingerprint density at radius 2 is 1.71 bits per heavy atom. The van der Waals surface area contributed by atoms with Gasteiger partial charge in [-0.25, -0.2) is 0 Å². The van der Waals surface area contributed by atoms with Gasteiger partial charge in [-0.3, -0.25) is 9.59 Å². The van der Waals surface area contributed by atoms with Crippen molar-refractivity contribution in [3.8, 4) is 0 Å². The molecule has 0 amide bonds. The number of ether oxygens (including phenoxy) is 3. The minimum atomic E-state index is -0.597. The van der Waals surface area contributed by atoms with Gasteiger partial charge in [0, 0.05) is 0 Å². The first-order valence-corrected chi connectivity index (χ1v) is 7.99. The average molecular weight is 296 g/mol. The highest BCUT2D eigenvalue weighted by Crippen LogP contribution is 2.60. The standard InChI is InChI=1S/C16H24O5/c1-11(21-10-17)19-2-3-20-15(18)16-7-12-4-13(8-16)6-14(5-12)9-16/h10-14H,2-9H2,1H3. The highest BCUT2D eigenvalue weighted by Gasteiger charge is 2.55. The van der Waals surface area contributed by atoms with Crippen molar-refractivity contribution in [1.82, 2.24) is 0 Å². The lowest BCUT2D eigenvalue weighted by molar-refractivity contribution is -0.179. The Balaban J connectivity index is 1.46. The van der Waals surface area contributed by atoms with E-state index < -0.39 is 6.29 Å². The predicted octanol–water partition coefficient (Wildman–Crippen LogP) is 2.28. The van der Waals surface area contributed by atoms with Gasteiger partial charge >= 0.3 is 5.97 Å². The lowest BCUT2D eigenvalue weighted by Crippen LogP contribution is -2.50. The van der Waals surface area contributed by atoms with Crippen molar-refractivity contribution in [3.05, 3.63) is 0 Å². The van der Waals surface area contributed by atoms with Gasteiger partial charge < -0.3 is 14.2 Å². The van der Waals surface area contributed by atoms with Crippen molar-refractivity contribution < 1.29 is 23.8 Å². The second-order valence-electron chi connectivity index (χ2n) is 7.00. The quantitative estimate of drug-likeness (QED) is 0.312. The third-order valence-corrected chi connectivity index (χ3v) is 5.39. The summed E-state index contributed by atoms with van der Waals surface area (Å²) in [4.78, 5) is 22.6. The Labute approximate surface area is 125 Å². The highest BCUT2D eigenvalue weighted by molar-refractivity contribution is 5.77. The molecule has 4 fully saturated rings. The molecule has 0 N–H and O–H groups in total. The lowest BCUT2D eigenvalue weighted by Gasteiger charge is -2.55. The molecule has 0 aromatic rings. The van der Waals surface area contributed by atoms with Crippen LogP contribution in [-0.2, 0) is 23.8 Å². The monoisotopic (exact) mass is 296 g/mol. The fourth-order valence-electron chi connectivity index (χ4n) is 4.98. The Morgan fingerprint density at radius 3 is 2.24 bits per heavy atom. The highest BCUT2D eigenvalue weighted by atomic mass is 16.7. The van der Waals surface area contributed by atoms with Gasteiger partial charge in [0.2, 0.25) is 0 Å². The molecule has 0 aromatic carbocycles. The van der Waals surface area contributed by atoms with Crippen molar-refractivity contribution in [2.24, 2.45) is 23.2 Å². The molecule has 0 aromatic heterocycles. The minimum Gasteiger partial charge on any atom is -0.463 e. The predicted molar refractivity (Wildman–Crippen MR) is 74.1 cm³/mol. The smallest absolute Gasteiger partial charge is 0.312 e. The van der Waals surface area contributed by atoms with Crippen LogP contribution in [0.25, 0.3) is 0 Å². The van der Waals surface area contributed by atoms with Crippen LogP contribution < -0.4 is 0 Å². The molecule has 0 saturated heterocycles. The number of hydrogen-bond donors (Lipinski definition) is 0. The van der Waals surface area contributed by atoms with Gasteiger partial charge in [-0.2, -0.15) is 0 Å². The molecule has 1 atom stereocenters. The third-order valence-electron chi connectivity index (χ3n) is 5.39. The second kappa shape index (κ2) is 5.95. The van der Waals surface area contributed by atoms with Gasteiger partial charge in [-0.05, 0) is 63.2 Å². The molecule has 5 heteroatoms. The first-order valence-electron chi connectivity index (χ1n) is 7.99. The van der Waals surface area contributed by atoms with Gasteiger partial charge in [0.25, 0.3) is 6.47 Å². The van der Waals surface area contributed by atoms with Crippen molar-refractivity contribution in [2.75, 3.05) is 13.2 Å². The molecule has 5 nitrogen and oxygen atoms in total. The van der Waals surface area contributed by atoms with E-state index in [4.69, 9.17) is 9.47 Å². The van der Waals surface area contributed by atoms with E-state index >= 15 is 0 Å². The van der Waals surface area contributed by atoms with Crippen LogP contribution in [0.5, 0.6) is 0 Å². The molecule has 4 saturated carbocycles. The van der Waals surface area contributed by atoms with E-state index in [2.05, 4.69) is 4.74 Å². The summed E-state index contributed by atoms with van der Waals surface area (Å²) in [5.74, 6) is 2.18. The molecule has 0 aliphatic heterocycles. The van der Waals surface area contributed by atoms with Gasteiger partial charge in [0.1, 0.15) is 6.61 Å². The molecule has 118 valence electrons. The maximum absolute atomic E-state index is 12.5. The molecule has 21 heavy (non-hydrogen) atoms. The zero-order valence-corrected chi connectivity index (χ0v) is 12.6. The lowest BCUT2D eigenvalue weighted by atomic mass is 9.49. The van der Waals surface area contributed by atoms with Crippen LogP contribution in [0.1, 0.15) is 45.4 Å². The molecule has 4 aliphatic carbocycles. The zero-order valence-electron chi connectivity index (χ0n) is 12.6. The van der Waals surface area contributed by atoms with E-state index in [0.29, 0.717) is 6.47 Å². The summed E-state index contributed by atoms with van der Waals surface area (Å²) in [5.41, 5.74) is -0.209. The van der Waals surface area contributed by atoms with Crippen LogP contribution in [-0.4, -0.2) is 31.9 Å². The summed E-state index contributed by atoms with van der Waals surface area (Å²) >= 11 is 0. The number of rotatable bonds is 7. The topological polar surface area (TPSA) is 61.8 Å². The second-order valence-corrected chi connectivity index (χ2v) is 7.00. The van der Waals surface area contributed by atoms with E-state index in [1.807, 2.05) is 0 Å². The Morgan fingerprint density at radius 1 is 1.14 bits per heavy atom. The molecule has 4 rings (SSSR count). The van der Waals surface area contributed by atoms with E-state index in [9.17, 15) is 9.59 Å². The maximum atomic E-state index is 12.5. The molecular weight excluding hydrogens is 272 g/mol. The van der Waals surface area contributed by atoms with Crippen molar-refractivity contribution in [3.63, 3.8) is 0 Å². The number of carbonyl (C=O) groups is 2. The summed E-state index contributed by atoms with van der Waals surface area (Å²) in [5, 5.41) is 0. The van der Waals surface area contributed by atoms with Crippen LogP contribution in [0.15, 0.2) is 0 Å². The first-order chi connectivity index (χ1) is 10.1. The summed E-state index contributed by atoms with van der Waals surface area (Å²) in [6.07, 6.45) is 6.40. The van der Waals surface area contributed by atoms with Crippen LogP contribution in [0, 0.1) is 23.2 Å². The average Bonchev–Trinajstić information content (AvgIpc) is 2.42. The van der Waals surface area contributed by atoms with E-state index in [1.165, 1.54) is 19.3 Å². The maximum Gasteiger partial charge on any atom is 0.312 e. The Bertz CT molecular complexity index is 370. The van der Waals surface area contributed by atoms with Gasteiger partial charge in [0.05, 0.1) is 12.0 Å². The number of esters is 1. The van der Waals surface area contributed by atoms with E-state index in [-0.39, 0.29) is 24.6 Å². The number of hydrogen-bond acceptors (Lipinski definition) is 5. The van der Waals surface area contributed by atoms with Crippen LogP contribution in [0.2, 0.25) is 0 Å². The fraction of sp³-hybridized carbons (Fsp3) is 0.875. The third kappa shape index (κ3) is 3.07. The largest absolute Gasteiger partial charge is 0.463 e. The Kier molecular flexibility index (Phi) is 4.20. The SMILES string of the molecule is CC(OC=O)OCCOC(=O)C12CC3CC(CC(C3)C1)C2. The Hall–Kier alpha value is -1.10.